The lowest BCUT2D eigenvalue weighted by atomic mass is 9.70. The molecule has 0 radical (unpaired) electrons. The predicted octanol–water partition coefficient (Wildman–Crippen LogP) is 4.06. The number of nitrogen functional groups attached to an aromatic ring is 1. The summed E-state index contributed by atoms with van der Waals surface area (Å²) in [5, 5.41) is 3.77. The van der Waals surface area contributed by atoms with E-state index in [0.717, 1.165) is 25.7 Å². The van der Waals surface area contributed by atoms with Crippen LogP contribution < -0.4 is 33.0 Å². The molecule has 8 nitrogen and oxygen atoms in total. The van der Waals surface area contributed by atoms with Crippen molar-refractivity contribution in [2.24, 2.45) is 17.2 Å². The van der Waals surface area contributed by atoms with Gasteiger partial charge in [0.05, 0.1) is 15.6 Å². The number of rotatable bonds is 5. The summed E-state index contributed by atoms with van der Waals surface area (Å²) in [6.07, 6.45) is 3.75. The summed E-state index contributed by atoms with van der Waals surface area (Å²) in [6, 6.07) is 18.7. The Hall–Kier alpha value is -3.76. The largest absolute Gasteiger partial charge is 0.457 e. The van der Waals surface area contributed by atoms with E-state index in [9.17, 15) is 9.59 Å². The number of benzene rings is 3. The third-order valence-electron chi connectivity index (χ3n) is 7.94. The summed E-state index contributed by atoms with van der Waals surface area (Å²) < 4.78 is 6.61. The summed E-state index contributed by atoms with van der Waals surface area (Å²) >= 11 is 1.25. The highest BCUT2D eigenvalue weighted by Crippen LogP contribution is 2.49. The number of Topliss-reactive ketones (excluding diaryl/α,β-unsaturated/α-hetero) is 1. The van der Waals surface area contributed by atoms with E-state index < -0.39 is 11.6 Å². The molecule has 1 amide bonds. The summed E-state index contributed by atoms with van der Waals surface area (Å²) in [5.41, 5.74) is 26.8. The van der Waals surface area contributed by atoms with Gasteiger partial charge >= 0.3 is 0 Å². The van der Waals surface area contributed by atoms with Crippen molar-refractivity contribution in [3.8, 4) is 11.5 Å². The molecular formula is C30H31N5O3S. The number of carbonyl (C=O) groups excluding carboxylic acids is 2. The summed E-state index contributed by atoms with van der Waals surface area (Å²) in [5.74, 6) is 0.639. The van der Waals surface area contributed by atoms with Crippen molar-refractivity contribution in [1.82, 2.24) is 5.32 Å². The number of carbonyl (C=O) groups is 2. The van der Waals surface area contributed by atoms with Crippen molar-refractivity contribution >= 4 is 38.8 Å². The van der Waals surface area contributed by atoms with Gasteiger partial charge in [-0.15, -0.1) is 11.3 Å². The van der Waals surface area contributed by atoms with Gasteiger partial charge in [-0.25, -0.2) is 0 Å². The zero-order valence-electron chi connectivity index (χ0n) is 21.4. The summed E-state index contributed by atoms with van der Waals surface area (Å²) in [6.45, 7) is 0. The molecule has 4 atom stereocenters. The molecule has 4 aromatic rings. The SMILES string of the molecule is Nc1ccc2c3c(c(C(=O)N[C@H]4CCCC[C@H]4N)sc13)C(N)C(=O)C2(N)c1ccc(Oc2ccccc2)cc1. The third-order valence-corrected chi connectivity index (χ3v) is 9.20. The first-order valence-electron chi connectivity index (χ1n) is 13.1. The van der Waals surface area contributed by atoms with Gasteiger partial charge in [0, 0.05) is 28.7 Å². The molecule has 3 aromatic carbocycles. The van der Waals surface area contributed by atoms with E-state index >= 15 is 0 Å². The Kier molecular flexibility index (Phi) is 6.39. The maximum absolute atomic E-state index is 14.0. The van der Waals surface area contributed by atoms with Gasteiger partial charge in [-0.05, 0) is 54.3 Å². The fourth-order valence-corrected chi connectivity index (χ4v) is 7.03. The average molecular weight is 542 g/mol. The molecule has 2 aliphatic rings. The van der Waals surface area contributed by atoms with E-state index in [-0.39, 0.29) is 23.8 Å². The van der Waals surface area contributed by atoms with Crippen LogP contribution in [0, 0.1) is 0 Å². The molecule has 39 heavy (non-hydrogen) atoms. The summed E-state index contributed by atoms with van der Waals surface area (Å²) in [4.78, 5) is 27.9. The van der Waals surface area contributed by atoms with E-state index in [4.69, 9.17) is 27.7 Å². The van der Waals surface area contributed by atoms with Crippen LogP contribution in [0.5, 0.6) is 11.5 Å². The van der Waals surface area contributed by atoms with Gasteiger partial charge in [0.25, 0.3) is 5.91 Å². The second-order valence-corrected chi connectivity index (χ2v) is 11.4. The minimum Gasteiger partial charge on any atom is -0.457 e. The molecule has 9 N–H and O–H groups in total. The number of amides is 1. The number of anilines is 1. The van der Waals surface area contributed by atoms with Gasteiger partial charge in [-0.3, -0.25) is 9.59 Å². The zero-order valence-corrected chi connectivity index (χ0v) is 22.2. The highest BCUT2D eigenvalue weighted by atomic mass is 32.1. The van der Waals surface area contributed by atoms with E-state index in [2.05, 4.69) is 5.32 Å². The van der Waals surface area contributed by atoms with E-state index in [1.165, 1.54) is 11.3 Å². The molecule has 200 valence electrons. The Morgan fingerprint density at radius 3 is 2.36 bits per heavy atom. The maximum Gasteiger partial charge on any atom is 0.262 e. The van der Waals surface area contributed by atoms with Crippen LogP contribution in [0.3, 0.4) is 0 Å². The molecule has 6 rings (SSSR count). The average Bonchev–Trinajstić information content (AvgIpc) is 3.35. The molecular weight excluding hydrogens is 510 g/mol. The molecule has 0 spiro atoms. The molecule has 2 unspecified atom stereocenters. The Labute approximate surface area is 230 Å². The zero-order chi connectivity index (χ0) is 27.3. The van der Waals surface area contributed by atoms with Gasteiger partial charge in [-0.1, -0.05) is 49.2 Å². The summed E-state index contributed by atoms with van der Waals surface area (Å²) in [7, 11) is 0. The van der Waals surface area contributed by atoms with Crippen LogP contribution in [0.2, 0.25) is 0 Å². The Bertz CT molecular complexity index is 1570. The highest BCUT2D eigenvalue weighted by Gasteiger charge is 2.48. The molecule has 0 bridgehead atoms. The van der Waals surface area contributed by atoms with Crippen molar-refractivity contribution in [1.29, 1.82) is 0 Å². The van der Waals surface area contributed by atoms with Gasteiger partial charge in [0.2, 0.25) is 0 Å². The van der Waals surface area contributed by atoms with Gasteiger partial charge in [0.15, 0.2) is 5.78 Å². The molecule has 1 heterocycles. The lowest BCUT2D eigenvalue weighted by molar-refractivity contribution is -0.124. The van der Waals surface area contributed by atoms with Crippen molar-refractivity contribution in [3.05, 3.63) is 88.3 Å². The molecule has 0 saturated heterocycles. The van der Waals surface area contributed by atoms with Crippen molar-refractivity contribution in [2.45, 2.75) is 49.3 Å². The molecule has 9 heteroatoms. The van der Waals surface area contributed by atoms with Crippen molar-refractivity contribution in [2.75, 3.05) is 5.73 Å². The number of nitrogens with one attached hydrogen (secondary N) is 1. The number of hydrogen-bond acceptors (Lipinski definition) is 8. The normalized spacial score (nSPS) is 24.5. The minimum absolute atomic E-state index is 0.102. The Morgan fingerprint density at radius 2 is 1.64 bits per heavy atom. The first-order chi connectivity index (χ1) is 18.8. The maximum atomic E-state index is 14.0. The lowest BCUT2D eigenvalue weighted by Gasteiger charge is -2.36. The van der Waals surface area contributed by atoms with Crippen molar-refractivity contribution < 1.29 is 14.3 Å². The minimum atomic E-state index is -1.52. The van der Waals surface area contributed by atoms with Crippen LogP contribution in [0.1, 0.15) is 58.1 Å². The number of hydrogen-bond donors (Lipinski definition) is 5. The van der Waals surface area contributed by atoms with Gasteiger partial charge in [-0.2, -0.15) is 0 Å². The lowest BCUT2D eigenvalue weighted by Crippen LogP contribution is -2.53. The Balaban J connectivity index is 1.41. The van der Waals surface area contributed by atoms with E-state index in [1.807, 2.05) is 30.3 Å². The first-order valence-corrected chi connectivity index (χ1v) is 13.9. The second-order valence-electron chi connectivity index (χ2n) is 10.4. The fraction of sp³-hybridized carbons (Fsp3) is 0.267. The van der Waals surface area contributed by atoms with Gasteiger partial charge < -0.3 is 33.0 Å². The number of para-hydroxylation sites is 1. The van der Waals surface area contributed by atoms with Crippen LogP contribution in [-0.2, 0) is 10.3 Å². The number of ether oxygens (including phenoxy) is 1. The van der Waals surface area contributed by atoms with Crippen molar-refractivity contribution in [3.63, 3.8) is 0 Å². The van der Waals surface area contributed by atoms with E-state index in [1.54, 1.807) is 36.4 Å². The number of nitrogens with two attached hydrogens (primary N) is 4. The smallest absolute Gasteiger partial charge is 0.262 e. The standard InChI is InChI=1S/C30H31N5O3S/c31-20-8-4-5-9-22(20)35-29(37)27-24-23-19(14-15-21(32)26(23)39-27)30(34,28(36)25(24)33)16-10-12-18(13-11-16)38-17-6-2-1-3-7-17/h1-3,6-7,10-15,20,22,25H,4-5,8-9,31-34H2,(H,35,37)/t20-,22+,25?,30?/m1/s1. The monoisotopic (exact) mass is 541 g/mol. The first kappa shape index (κ1) is 25.5. The molecule has 1 fully saturated rings. The van der Waals surface area contributed by atoms with Crippen LogP contribution in [0.4, 0.5) is 5.69 Å². The molecule has 2 aliphatic carbocycles. The van der Waals surface area contributed by atoms with E-state index in [0.29, 0.717) is 48.8 Å². The topological polar surface area (TPSA) is 159 Å². The molecule has 0 aliphatic heterocycles. The number of thiophene rings is 1. The quantitative estimate of drug-likeness (QED) is 0.238. The van der Waals surface area contributed by atoms with Crippen LogP contribution >= 0.6 is 11.3 Å². The molecule has 1 saturated carbocycles. The van der Waals surface area contributed by atoms with Gasteiger partial charge in [0.1, 0.15) is 17.0 Å². The fourth-order valence-electron chi connectivity index (χ4n) is 5.83. The third kappa shape index (κ3) is 4.18. The van der Waals surface area contributed by atoms with Crippen LogP contribution in [0.25, 0.3) is 10.1 Å². The highest BCUT2D eigenvalue weighted by molar-refractivity contribution is 7.21. The predicted molar refractivity (Wildman–Crippen MR) is 154 cm³/mol. The molecule has 1 aromatic heterocycles. The Morgan fingerprint density at radius 1 is 0.949 bits per heavy atom. The van der Waals surface area contributed by atoms with Crippen LogP contribution in [-0.4, -0.2) is 23.8 Å². The number of ketones is 1. The van der Waals surface area contributed by atoms with Crippen LogP contribution in [0.15, 0.2) is 66.7 Å². The second kappa shape index (κ2) is 9.77.